The van der Waals surface area contributed by atoms with Crippen molar-refractivity contribution in [1.82, 2.24) is 0 Å². The van der Waals surface area contributed by atoms with E-state index in [-0.39, 0.29) is 5.75 Å². The van der Waals surface area contributed by atoms with E-state index in [9.17, 15) is 8.42 Å². The van der Waals surface area contributed by atoms with Gasteiger partial charge >= 0.3 is 0 Å². The van der Waals surface area contributed by atoms with Gasteiger partial charge in [0, 0.05) is 5.69 Å². The molecule has 5 heteroatoms. The highest BCUT2D eigenvalue weighted by Crippen LogP contribution is 2.19. The number of nitrogens with one attached hydrogen (secondary N) is 1. The third-order valence-electron chi connectivity index (χ3n) is 2.98. The van der Waals surface area contributed by atoms with Crippen LogP contribution in [0.1, 0.15) is 16.7 Å². The summed E-state index contributed by atoms with van der Waals surface area (Å²) in [6, 6.07) is 12.4. The van der Waals surface area contributed by atoms with Crippen molar-refractivity contribution >= 4 is 21.4 Å². The molecule has 2 aromatic rings. The molecule has 0 radical (unpaired) electrons. The van der Waals surface area contributed by atoms with Crippen molar-refractivity contribution in [2.75, 3.05) is 10.5 Å². The van der Waals surface area contributed by atoms with Crippen molar-refractivity contribution in [3.63, 3.8) is 0 Å². The molecule has 0 aliphatic carbocycles. The molecule has 0 unspecified atom stereocenters. The van der Waals surface area contributed by atoms with Gasteiger partial charge in [-0.2, -0.15) is 0 Å². The summed E-state index contributed by atoms with van der Waals surface area (Å²) in [5, 5.41) is 0. The SMILES string of the molecule is Cc1ccc(NS(=O)(=O)Cc2ccc(N)cc2)c(C)c1. The summed E-state index contributed by atoms with van der Waals surface area (Å²) in [6.45, 7) is 3.85. The van der Waals surface area contributed by atoms with Crippen LogP contribution in [-0.2, 0) is 15.8 Å². The minimum Gasteiger partial charge on any atom is -0.399 e. The second-order valence-corrected chi connectivity index (χ2v) is 6.64. The highest BCUT2D eigenvalue weighted by atomic mass is 32.2. The van der Waals surface area contributed by atoms with Crippen molar-refractivity contribution in [3.05, 3.63) is 59.2 Å². The topological polar surface area (TPSA) is 72.2 Å². The van der Waals surface area contributed by atoms with E-state index in [0.717, 1.165) is 11.1 Å². The largest absolute Gasteiger partial charge is 0.399 e. The van der Waals surface area contributed by atoms with Gasteiger partial charge in [0.1, 0.15) is 0 Å². The number of nitrogen functional groups attached to an aromatic ring is 1. The summed E-state index contributed by atoms with van der Waals surface area (Å²) in [7, 11) is -3.43. The molecule has 0 heterocycles. The fourth-order valence-corrected chi connectivity index (χ4v) is 3.23. The van der Waals surface area contributed by atoms with Crippen LogP contribution in [0.4, 0.5) is 11.4 Å². The van der Waals surface area contributed by atoms with E-state index in [2.05, 4.69) is 4.72 Å². The molecular formula is C15H18N2O2S. The molecule has 2 rings (SSSR count). The van der Waals surface area contributed by atoms with Crippen LogP contribution in [0.15, 0.2) is 42.5 Å². The first-order valence-electron chi connectivity index (χ1n) is 6.28. The molecule has 0 spiro atoms. The third-order valence-corrected chi connectivity index (χ3v) is 4.23. The van der Waals surface area contributed by atoms with Crippen LogP contribution >= 0.6 is 0 Å². The maximum atomic E-state index is 12.1. The number of sulfonamides is 1. The summed E-state index contributed by atoms with van der Waals surface area (Å²) in [5.74, 6) is -0.0689. The number of nitrogens with two attached hydrogens (primary N) is 1. The Morgan fingerprint density at radius 3 is 2.30 bits per heavy atom. The Morgan fingerprint density at radius 2 is 1.70 bits per heavy atom. The van der Waals surface area contributed by atoms with Crippen LogP contribution < -0.4 is 10.5 Å². The molecular weight excluding hydrogens is 272 g/mol. The second-order valence-electron chi connectivity index (χ2n) is 4.92. The highest BCUT2D eigenvalue weighted by molar-refractivity contribution is 7.91. The van der Waals surface area contributed by atoms with Crippen molar-refractivity contribution < 1.29 is 8.42 Å². The molecule has 2 aromatic carbocycles. The first-order chi connectivity index (χ1) is 9.35. The number of anilines is 2. The van der Waals surface area contributed by atoms with Crippen LogP contribution in [0.2, 0.25) is 0 Å². The number of rotatable bonds is 4. The Balaban J connectivity index is 2.17. The van der Waals surface area contributed by atoms with E-state index in [0.29, 0.717) is 16.9 Å². The summed E-state index contributed by atoms with van der Waals surface area (Å²) >= 11 is 0. The quantitative estimate of drug-likeness (QED) is 0.850. The van der Waals surface area contributed by atoms with E-state index in [1.165, 1.54) is 0 Å². The standard InChI is InChI=1S/C15H18N2O2S/c1-11-3-8-15(12(2)9-11)17-20(18,19)10-13-4-6-14(16)7-5-13/h3-9,17H,10,16H2,1-2H3. The molecule has 20 heavy (non-hydrogen) atoms. The van der Waals surface area contributed by atoms with Gasteiger partial charge in [-0.3, -0.25) is 4.72 Å². The second kappa shape index (κ2) is 5.54. The van der Waals surface area contributed by atoms with Gasteiger partial charge in [-0.25, -0.2) is 8.42 Å². The molecule has 0 aliphatic heterocycles. The van der Waals surface area contributed by atoms with Gasteiger partial charge in [0.2, 0.25) is 10.0 Å². The molecule has 0 amide bonds. The summed E-state index contributed by atoms with van der Waals surface area (Å²) in [5.41, 5.74) is 9.53. The molecule has 106 valence electrons. The van der Waals surface area contributed by atoms with Crippen LogP contribution in [0, 0.1) is 13.8 Å². The Kier molecular flexibility index (Phi) is 3.99. The fourth-order valence-electron chi connectivity index (χ4n) is 1.97. The zero-order chi connectivity index (χ0) is 14.8. The molecule has 0 saturated carbocycles. The lowest BCUT2D eigenvalue weighted by Crippen LogP contribution is -2.15. The first kappa shape index (κ1) is 14.4. The Labute approximate surface area is 119 Å². The van der Waals surface area contributed by atoms with E-state index in [1.54, 1.807) is 30.3 Å². The molecule has 0 aliphatic rings. The number of aryl methyl sites for hydroxylation is 2. The zero-order valence-electron chi connectivity index (χ0n) is 11.6. The highest BCUT2D eigenvalue weighted by Gasteiger charge is 2.13. The maximum absolute atomic E-state index is 12.1. The zero-order valence-corrected chi connectivity index (χ0v) is 12.4. The maximum Gasteiger partial charge on any atom is 0.236 e. The van der Waals surface area contributed by atoms with Crippen molar-refractivity contribution in [2.45, 2.75) is 19.6 Å². The molecule has 0 aromatic heterocycles. The van der Waals surface area contributed by atoms with E-state index in [4.69, 9.17) is 5.73 Å². The van der Waals surface area contributed by atoms with Crippen LogP contribution in [0.25, 0.3) is 0 Å². The van der Waals surface area contributed by atoms with Gasteiger partial charge in [0.05, 0.1) is 11.4 Å². The van der Waals surface area contributed by atoms with E-state index < -0.39 is 10.0 Å². The molecule has 0 bridgehead atoms. The fraction of sp³-hybridized carbons (Fsp3) is 0.200. The van der Waals surface area contributed by atoms with Gasteiger partial charge in [0.25, 0.3) is 0 Å². The normalized spacial score (nSPS) is 11.3. The van der Waals surface area contributed by atoms with Crippen LogP contribution in [0.5, 0.6) is 0 Å². The smallest absolute Gasteiger partial charge is 0.236 e. The molecule has 0 atom stereocenters. The average molecular weight is 290 g/mol. The average Bonchev–Trinajstić information content (AvgIpc) is 2.35. The monoisotopic (exact) mass is 290 g/mol. The lowest BCUT2D eigenvalue weighted by atomic mass is 10.1. The van der Waals surface area contributed by atoms with Gasteiger partial charge in [-0.15, -0.1) is 0 Å². The van der Waals surface area contributed by atoms with Gasteiger partial charge in [-0.1, -0.05) is 29.8 Å². The van der Waals surface area contributed by atoms with Gasteiger partial charge < -0.3 is 5.73 Å². The first-order valence-corrected chi connectivity index (χ1v) is 7.93. The Hall–Kier alpha value is -2.01. The Bertz CT molecular complexity index is 707. The van der Waals surface area contributed by atoms with Crippen molar-refractivity contribution in [1.29, 1.82) is 0 Å². The minimum atomic E-state index is -3.43. The van der Waals surface area contributed by atoms with E-state index in [1.807, 2.05) is 26.0 Å². The number of hydrogen-bond donors (Lipinski definition) is 2. The minimum absolute atomic E-state index is 0.0689. The van der Waals surface area contributed by atoms with Crippen LogP contribution in [0.3, 0.4) is 0 Å². The lowest BCUT2D eigenvalue weighted by molar-refractivity contribution is 0.600. The van der Waals surface area contributed by atoms with Gasteiger partial charge in [0.15, 0.2) is 0 Å². The van der Waals surface area contributed by atoms with Crippen molar-refractivity contribution in [3.8, 4) is 0 Å². The third kappa shape index (κ3) is 3.74. The molecule has 0 fully saturated rings. The van der Waals surface area contributed by atoms with Crippen LogP contribution in [-0.4, -0.2) is 8.42 Å². The van der Waals surface area contributed by atoms with Gasteiger partial charge in [-0.05, 0) is 43.2 Å². The predicted molar refractivity (Wildman–Crippen MR) is 83.0 cm³/mol. The predicted octanol–water partition coefficient (Wildman–Crippen LogP) is 2.83. The van der Waals surface area contributed by atoms with Crippen molar-refractivity contribution in [2.24, 2.45) is 0 Å². The summed E-state index contributed by atoms with van der Waals surface area (Å²) in [6.07, 6.45) is 0. The lowest BCUT2D eigenvalue weighted by Gasteiger charge is -2.11. The number of hydrogen-bond acceptors (Lipinski definition) is 3. The van der Waals surface area contributed by atoms with E-state index >= 15 is 0 Å². The summed E-state index contributed by atoms with van der Waals surface area (Å²) in [4.78, 5) is 0. The molecule has 0 saturated heterocycles. The summed E-state index contributed by atoms with van der Waals surface area (Å²) < 4.78 is 26.9. The molecule has 3 N–H and O–H groups in total. The number of benzene rings is 2. The molecule has 4 nitrogen and oxygen atoms in total. The Morgan fingerprint density at radius 1 is 1.05 bits per heavy atom.